The number of carbonyl (C=O) groups is 1. The van der Waals surface area contributed by atoms with Gasteiger partial charge in [0.1, 0.15) is 0 Å². The van der Waals surface area contributed by atoms with Crippen molar-refractivity contribution in [2.75, 3.05) is 24.7 Å². The first-order valence-corrected chi connectivity index (χ1v) is 10.0. The lowest BCUT2D eigenvalue weighted by Gasteiger charge is -2.16. The number of halogens is 3. The second-order valence-electron chi connectivity index (χ2n) is 6.96. The Morgan fingerprint density at radius 1 is 0.944 bits per heavy atom. The molecule has 0 saturated heterocycles. The Labute approximate surface area is 206 Å². The maximum Gasteiger partial charge on any atom is 0.435 e. The number of aromatic nitrogens is 6. The highest BCUT2D eigenvalue weighted by Crippen LogP contribution is 2.37. The third-order valence-electron chi connectivity index (χ3n) is 4.63. The molecule has 3 N–H and O–H groups in total. The van der Waals surface area contributed by atoms with E-state index in [4.69, 9.17) is 8.85 Å². The average Bonchev–Trinajstić information content (AvgIpc) is 2.88. The molecule has 0 atom stereocenters. The fraction of sp³-hybridized carbons (Fsp3) is 0.136. The molecular formula is C22H18F3N9O2. The molecule has 1 amide bonds. The Balaban J connectivity index is 1.72. The first-order valence-electron chi connectivity index (χ1n) is 11.5. The predicted octanol–water partition coefficient (Wildman–Crippen LogP) is 3.60. The molecule has 0 saturated carbocycles. The Kier molecular flexibility index (Phi) is 5.79. The zero-order chi connectivity index (χ0) is 28.2. The van der Waals surface area contributed by atoms with Crippen LogP contribution in [0, 0.1) is 0 Å². The second-order valence-corrected chi connectivity index (χ2v) is 6.96. The van der Waals surface area contributed by atoms with Crippen LogP contribution in [0.25, 0.3) is 11.4 Å². The van der Waals surface area contributed by atoms with E-state index in [0.29, 0.717) is 22.8 Å². The van der Waals surface area contributed by atoms with Gasteiger partial charge in [0.2, 0.25) is 0 Å². The number of alkyl halides is 3. The maximum absolute atomic E-state index is 12.8. The van der Waals surface area contributed by atoms with Gasteiger partial charge in [0.25, 0.3) is 5.91 Å². The first kappa shape index (κ1) is 20.5. The molecule has 0 aliphatic rings. The highest BCUT2D eigenvalue weighted by atomic mass is 19.4. The minimum Gasteiger partial charge on any atom is -0.494 e. The van der Waals surface area contributed by atoms with Crippen LogP contribution >= 0.6 is 0 Å². The summed E-state index contributed by atoms with van der Waals surface area (Å²) in [5.41, 5.74) is -0.750. The molecule has 4 rings (SSSR count). The molecule has 4 aromatic rings. The molecule has 0 fully saturated rings. The van der Waals surface area contributed by atoms with Gasteiger partial charge in [-0.1, -0.05) is 6.07 Å². The van der Waals surface area contributed by atoms with Gasteiger partial charge in [-0.3, -0.25) is 4.79 Å². The van der Waals surface area contributed by atoms with E-state index in [1.165, 1.54) is 13.2 Å². The van der Waals surface area contributed by atoms with Crippen molar-refractivity contribution >= 4 is 28.9 Å². The highest BCUT2D eigenvalue weighted by molar-refractivity contribution is 5.99. The summed E-state index contributed by atoms with van der Waals surface area (Å²) in [5.74, 6) is -0.546. The van der Waals surface area contributed by atoms with Crippen molar-refractivity contribution in [2.24, 2.45) is 0 Å². The van der Waals surface area contributed by atoms with E-state index in [9.17, 15) is 18.0 Å². The van der Waals surface area contributed by atoms with Crippen molar-refractivity contribution in [3.05, 3.63) is 66.2 Å². The molecule has 0 spiro atoms. The fourth-order valence-electron chi connectivity index (χ4n) is 3.07. The number of nitrogens with one attached hydrogen (secondary N) is 3. The van der Waals surface area contributed by atoms with Crippen LogP contribution in [-0.2, 0) is 6.18 Å². The zero-order valence-corrected chi connectivity index (χ0v) is 18.3. The Morgan fingerprint density at radius 2 is 1.72 bits per heavy atom. The molecular weight excluding hydrogens is 479 g/mol. The molecule has 0 unspecified atom stereocenters. The zero-order valence-electron chi connectivity index (χ0n) is 21.3. The third kappa shape index (κ3) is 5.27. The SMILES string of the molecule is [2H]C([2H])([2H])NC(=O)c1nnc(Nc2ccc(C(F)(F)F)nn2)cc1Nc1cccc(-c2ncccn2)c1OC. The fourth-order valence-corrected chi connectivity index (χ4v) is 3.07. The number of rotatable bonds is 7. The number of amides is 1. The molecule has 14 heteroatoms. The van der Waals surface area contributed by atoms with Gasteiger partial charge in [0.15, 0.2) is 34.6 Å². The van der Waals surface area contributed by atoms with Crippen molar-refractivity contribution in [2.45, 2.75) is 6.18 Å². The third-order valence-corrected chi connectivity index (χ3v) is 4.63. The summed E-state index contributed by atoms with van der Waals surface area (Å²) in [6.07, 6.45) is -1.57. The number of anilines is 4. The van der Waals surface area contributed by atoms with Gasteiger partial charge in [0, 0.05) is 29.5 Å². The first-order chi connectivity index (χ1) is 18.4. The number of nitrogens with zero attached hydrogens (tertiary/aromatic N) is 6. The number of ether oxygens (including phenoxy) is 1. The molecule has 184 valence electrons. The molecule has 3 aromatic heterocycles. The Bertz CT molecular complexity index is 1470. The number of methoxy groups -OCH3 is 1. The number of carbonyl (C=O) groups excluding carboxylic acids is 1. The minimum atomic E-state index is -4.67. The van der Waals surface area contributed by atoms with Crippen LogP contribution in [0.5, 0.6) is 5.75 Å². The minimum absolute atomic E-state index is 0.0152. The van der Waals surface area contributed by atoms with E-state index in [-0.39, 0.29) is 17.3 Å². The lowest BCUT2D eigenvalue weighted by Crippen LogP contribution is -2.21. The summed E-state index contributed by atoms with van der Waals surface area (Å²) >= 11 is 0. The van der Waals surface area contributed by atoms with Crippen molar-refractivity contribution in [1.82, 2.24) is 35.7 Å². The van der Waals surface area contributed by atoms with E-state index >= 15 is 0 Å². The average molecular weight is 500 g/mol. The highest BCUT2D eigenvalue weighted by Gasteiger charge is 2.32. The summed E-state index contributed by atoms with van der Waals surface area (Å²) in [6.45, 7) is -2.81. The smallest absolute Gasteiger partial charge is 0.435 e. The van der Waals surface area contributed by atoms with Crippen LogP contribution in [0.3, 0.4) is 0 Å². The summed E-state index contributed by atoms with van der Waals surface area (Å²) in [6, 6.07) is 9.69. The van der Waals surface area contributed by atoms with Gasteiger partial charge >= 0.3 is 6.18 Å². The monoisotopic (exact) mass is 500 g/mol. The summed E-state index contributed by atoms with van der Waals surface area (Å²) in [4.78, 5) is 21.1. The predicted molar refractivity (Wildman–Crippen MR) is 123 cm³/mol. The molecule has 0 bridgehead atoms. The summed E-state index contributed by atoms with van der Waals surface area (Å²) < 4.78 is 65.9. The van der Waals surface area contributed by atoms with Crippen LogP contribution in [0.1, 0.15) is 20.3 Å². The van der Waals surface area contributed by atoms with Gasteiger partial charge < -0.3 is 20.7 Å². The normalized spacial score (nSPS) is 12.6. The van der Waals surface area contributed by atoms with Crippen LogP contribution in [0.15, 0.2) is 54.9 Å². The van der Waals surface area contributed by atoms with Crippen molar-refractivity contribution in [3.8, 4) is 17.1 Å². The van der Waals surface area contributed by atoms with Gasteiger partial charge in [0.05, 0.1) is 24.0 Å². The molecule has 0 radical (unpaired) electrons. The largest absolute Gasteiger partial charge is 0.494 e. The number of hydrogen-bond acceptors (Lipinski definition) is 10. The van der Waals surface area contributed by atoms with E-state index < -0.39 is 30.4 Å². The standard InChI is InChI=1S/C22H18F3N9O2/c1-26-21(35)18-14(11-17(33-34-18)30-16-8-7-15(31-32-16)22(23,24)25)29-13-6-3-5-12(19(13)36-2)20-27-9-4-10-28-20/h3-11H,1-2H3,(H,26,35)(H2,29,30,32,33)/i1D3. The lowest BCUT2D eigenvalue weighted by atomic mass is 10.1. The van der Waals surface area contributed by atoms with E-state index in [1.807, 2.05) is 5.32 Å². The lowest BCUT2D eigenvalue weighted by molar-refractivity contribution is -0.141. The maximum atomic E-state index is 12.8. The van der Waals surface area contributed by atoms with Crippen molar-refractivity contribution < 1.29 is 26.8 Å². The van der Waals surface area contributed by atoms with Crippen LogP contribution < -0.4 is 20.7 Å². The molecule has 0 aliphatic carbocycles. The summed E-state index contributed by atoms with van der Waals surface area (Å²) in [7, 11) is 1.41. The van der Waals surface area contributed by atoms with Gasteiger partial charge in [-0.15, -0.1) is 20.4 Å². The van der Waals surface area contributed by atoms with Crippen LogP contribution in [0.4, 0.5) is 36.2 Å². The molecule has 3 heterocycles. The molecule has 11 nitrogen and oxygen atoms in total. The van der Waals surface area contributed by atoms with Gasteiger partial charge in [-0.05, 0) is 30.3 Å². The van der Waals surface area contributed by atoms with Crippen molar-refractivity contribution in [1.29, 1.82) is 0 Å². The number of para-hydroxylation sites is 1. The quantitative estimate of drug-likeness (QED) is 0.345. The molecule has 1 aromatic carbocycles. The van der Waals surface area contributed by atoms with E-state index in [1.54, 1.807) is 36.7 Å². The van der Waals surface area contributed by atoms with Crippen LogP contribution in [0.2, 0.25) is 0 Å². The molecule has 36 heavy (non-hydrogen) atoms. The van der Waals surface area contributed by atoms with Crippen LogP contribution in [-0.4, -0.2) is 50.4 Å². The Morgan fingerprint density at radius 3 is 2.39 bits per heavy atom. The van der Waals surface area contributed by atoms with E-state index in [2.05, 4.69) is 41.0 Å². The van der Waals surface area contributed by atoms with Gasteiger partial charge in [-0.25, -0.2) is 9.97 Å². The topological polar surface area (TPSA) is 140 Å². The van der Waals surface area contributed by atoms with Crippen molar-refractivity contribution in [3.63, 3.8) is 0 Å². The van der Waals surface area contributed by atoms with Gasteiger partial charge in [-0.2, -0.15) is 13.2 Å². The summed E-state index contributed by atoms with van der Waals surface area (Å²) in [5, 5.41) is 21.7. The number of benzene rings is 1. The second kappa shape index (κ2) is 10.2. The van der Waals surface area contributed by atoms with E-state index in [0.717, 1.165) is 12.1 Å². The number of hydrogen-bond donors (Lipinski definition) is 3. The molecule has 0 aliphatic heterocycles. The Hall–Kier alpha value is -4.88.